The molecule has 1 amide bonds. The second kappa shape index (κ2) is 9.57. The molecule has 5 heteroatoms. The zero-order valence-corrected chi connectivity index (χ0v) is 16.1. The lowest BCUT2D eigenvalue weighted by molar-refractivity contribution is -0.148. The Kier molecular flexibility index (Phi) is 7.17. The van der Waals surface area contributed by atoms with Gasteiger partial charge in [-0.1, -0.05) is 38.1 Å². The van der Waals surface area contributed by atoms with Crippen molar-refractivity contribution in [2.45, 2.75) is 32.8 Å². The lowest BCUT2D eigenvalue weighted by Gasteiger charge is -2.13. The van der Waals surface area contributed by atoms with E-state index >= 15 is 0 Å². The molecule has 0 heterocycles. The number of anilines is 1. The van der Waals surface area contributed by atoms with Gasteiger partial charge in [0.2, 0.25) is 0 Å². The van der Waals surface area contributed by atoms with Crippen LogP contribution in [0, 0.1) is 0 Å². The Labute approximate surface area is 160 Å². The van der Waals surface area contributed by atoms with Gasteiger partial charge in [-0.05, 0) is 54.3 Å². The summed E-state index contributed by atoms with van der Waals surface area (Å²) in [5.74, 6) is 0.204. The molecule has 2 aromatic rings. The van der Waals surface area contributed by atoms with Crippen LogP contribution in [0.4, 0.5) is 5.69 Å². The van der Waals surface area contributed by atoms with Gasteiger partial charge in [-0.15, -0.1) is 0 Å². The second-order valence-electron chi connectivity index (χ2n) is 6.45. The van der Waals surface area contributed by atoms with Crippen molar-refractivity contribution in [3.05, 3.63) is 65.7 Å². The van der Waals surface area contributed by atoms with Crippen LogP contribution in [0.5, 0.6) is 5.75 Å². The zero-order chi connectivity index (χ0) is 19.8. The molecule has 0 spiro atoms. The van der Waals surface area contributed by atoms with Gasteiger partial charge < -0.3 is 14.8 Å². The van der Waals surface area contributed by atoms with E-state index in [0.29, 0.717) is 11.6 Å². The minimum atomic E-state index is -0.900. The normalized spacial score (nSPS) is 12.0. The minimum Gasteiger partial charge on any atom is -0.497 e. The topological polar surface area (TPSA) is 64.6 Å². The van der Waals surface area contributed by atoms with Gasteiger partial charge >= 0.3 is 5.97 Å². The molecular weight excluding hydrogens is 342 g/mol. The summed E-state index contributed by atoms with van der Waals surface area (Å²) >= 11 is 0. The molecule has 1 atom stereocenters. The van der Waals surface area contributed by atoms with Crippen LogP contribution in [0.25, 0.3) is 6.08 Å². The van der Waals surface area contributed by atoms with Crippen LogP contribution in [-0.4, -0.2) is 25.1 Å². The summed E-state index contributed by atoms with van der Waals surface area (Å²) in [5.41, 5.74) is 2.69. The first-order chi connectivity index (χ1) is 12.9. The summed E-state index contributed by atoms with van der Waals surface area (Å²) in [5, 5.41) is 2.75. The van der Waals surface area contributed by atoms with Crippen LogP contribution in [0.2, 0.25) is 0 Å². The van der Waals surface area contributed by atoms with E-state index in [9.17, 15) is 9.59 Å². The van der Waals surface area contributed by atoms with Crippen LogP contribution in [0.1, 0.15) is 37.8 Å². The van der Waals surface area contributed by atoms with Gasteiger partial charge in [-0.3, -0.25) is 4.79 Å². The summed E-state index contributed by atoms with van der Waals surface area (Å²) < 4.78 is 10.2. The predicted octanol–water partition coefficient (Wildman–Crippen LogP) is 4.40. The Bertz CT molecular complexity index is 792. The molecule has 0 unspecified atom stereocenters. The molecule has 2 aromatic carbocycles. The van der Waals surface area contributed by atoms with Crippen molar-refractivity contribution in [1.82, 2.24) is 0 Å². The van der Waals surface area contributed by atoms with Crippen LogP contribution in [0.3, 0.4) is 0 Å². The van der Waals surface area contributed by atoms with Gasteiger partial charge in [0.15, 0.2) is 6.10 Å². The molecule has 0 aliphatic heterocycles. The van der Waals surface area contributed by atoms with Gasteiger partial charge in [0.1, 0.15) is 5.75 Å². The lowest BCUT2D eigenvalue weighted by atomic mass is 10.0. The van der Waals surface area contributed by atoms with Crippen LogP contribution >= 0.6 is 0 Å². The van der Waals surface area contributed by atoms with E-state index in [-0.39, 0.29) is 5.91 Å². The van der Waals surface area contributed by atoms with E-state index in [0.717, 1.165) is 11.3 Å². The Hall–Kier alpha value is -3.08. The maximum absolute atomic E-state index is 12.2. The summed E-state index contributed by atoms with van der Waals surface area (Å²) in [6.07, 6.45) is 2.02. The van der Waals surface area contributed by atoms with Crippen molar-refractivity contribution in [2.75, 3.05) is 12.4 Å². The van der Waals surface area contributed by atoms with Crippen molar-refractivity contribution < 1.29 is 19.1 Å². The minimum absolute atomic E-state index is 0.376. The van der Waals surface area contributed by atoms with E-state index in [1.807, 2.05) is 36.4 Å². The van der Waals surface area contributed by atoms with Crippen LogP contribution in [-0.2, 0) is 14.3 Å². The molecule has 0 aromatic heterocycles. The van der Waals surface area contributed by atoms with E-state index in [2.05, 4.69) is 19.2 Å². The van der Waals surface area contributed by atoms with Crippen molar-refractivity contribution in [3.8, 4) is 5.75 Å². The number of esters is 1. The van der Waals surface area contributed by atoms with E-state index in [4.69, 9.17) is 9.47 Å². The Morgan fingerprint density at radius 1 is 0.963 bits per heavy atom. The lowest BCUT2D eigenvalue weighted by Crippen LogP contribution is -2.29. The van der Waals surface area contributed by atoms with Gasteiger partial charge in [0.05, 0.1) is 7.11 Å². The number of benzene rings is 2. The number of rotatable bonds is 7. The molecular formula is C22H25NO4. The Morgan fingerprint density at radius 2 is 1.59 bits per heavy atom. The number of methoxy groups -OCH3 is 1. The van der Waals surface area contributed by atoms with Gasteiger partial charge in [0, 0.05) is 11.8 Å². The third kappa shape index (κ3) is 6.29. The highest BCUT2D eigenvalue weighted by Crippen LogP contribution is 2.17. The molecule has 0 bridgehead atoms. The smallest absolute Gasteiger partial charge is 0.331 e. The zero-order valence-electron chi connectivity index (χ0n) is 16.1. The highest BCUT2D eigenvalue weighted by atomic mass is 16.5. The third-order valence-electron chi connectivity index (χ3n) is 4.03. The summed E-state index contributed by atoms with van der Waals surface area (Å²) in [4.78, 5) is 24.1. The van der Waals surface area contributed by atoms with Crippen molar-refractivity contribution in [2.24, 2.45) is 0 Å². The number of nitrogens with one attached hydrogen (secondary N) is 1. The molecule has 142 valence electrons. The fraction of sp³-hybridized carbons (Fsp3) is 0.273. The molecule has 0 aliphatic rings. The van der Waals surface area contributed by atoms with Crippen molar-refractivity contribution >= 4 is 23.6 Å². The molecule has 5 nitrogen and oxygen atoms in total. The molecule has 0 saturated carbocycles. The molecule has 0 aliphatic carbocycles. The van der Waals surface area contributed by atoms with Gasteiger partial charge in [-0.25, -0.2) is 4.79 Å². The number of carbonyl (C=O) groups excluding carboxylic acids is 2. The Balaban J connectivity index is 1.86. The van der Waals surface area contributed by atoms with Gasteiger partial charge in [0.25, 0.3) is 5.91 Å². The fourth-order valence-corrected chi connectivity index (χ4v) is 2.34. The maximum atomic E-state index is 12.2. The number of hydrogen-bond acceptors (Lipinski definition) is 4. The highest BCUT2D eigenvalue weighted by molar-refractivity contribution is 5.96. The highest BCUT2D eigenvalue weighted by Gasteiger charge is 2.16. The van der Waals surface area contributed by atoms with Crippen molar-refractivity contribution in [1.29, 1.82) is 0 Å². The fourth-order valence-electron chi connectivity index (χ4n) is 2.34. The van der Waals surface area contributed by atoms with Gasteiger partial charge in [-0.2, -0.15) is 0 Å². The average molecular weight is 367 g/mol. The van der Waals surface area contributed by atoms with E-state index < -0.39 is 12.1 Å². The number of carbonyl (C=O) groups is 2. The average Bonchev–Trinajstić information content (AvgIpc) is 2.67. The second-order valence-corrected chi connectivity index (χ2v) is 6.45. The van der Waals surface area contributed by atoms with E-state index in [1.165, 1.54) is 18.6 Å². The first kappa shape index (κ1) is 20.2. The van der Waals surface area contributed by atoms with Crippen LogP contribution < -0.4 is 10.1 Å². The summed E-state index contributed by atoms with van der Waals surface area (Å²) in [6.45, 7) is 5.75. The SMILES string of the molecule is COc1ccc(/C=C/C(=O)O[C@H](C)C(=O)Nc2ccc(C(C)C)cc2)cc1. The maximum Gasteiger partial charge on any atom is 0.331 e. The largest absolute Gasteiger partial charge is 0.497 e. The Morgan fingerprint density at radius 3 is 2.15 bits per heavy atom. The molecule has 2 rings (SSSR count). The van der Waals surface area contributed by atoms with Crippen LogP contribution in [0.15, 0.2) is 54.6 Å². The predicted molar refractivity (Wildman–Crippen MR) is 107 cm³/mol. The summed E-state index contributed by atoms with van der Waals surface area (Å²) in [7, 11) is 1.59. The monoisotopic (exact) mass is 367 g/mol. The molecule has 0 fully saturated rings. The molecule has 0 saturated heterocycles. The molecule has 27 heavy (non-hydrogen) atoms. The number of hydrogen-bond donors (Lipinski definition) is 1. The number of amides is 1. The van der Waals surface area contributed by atoms with Crippen molar-refractivity contribution in [3.63, 3.8) is 0 Å². The first-order valence-electron chi connectivity index (χ1n) is 8.82. The first-order valence-corrected chi connectivity index (χ1v) is 8.82. The number of ether oxygens (including phenoxy) is 2. The van der Waals surface area contributed by atoms with E-state index in [1.54, 1.807) is 25.3 Å². The molecule has 0 radical (unpaired) electrons. The quantitative estimate of drug-likeness (QED) is 0.582. The standard InChI is InChI=1S/C22H25NO4/c1-15(2)18-8-10-19(11-9-18)23-22(25)16(3)27-21(24)14-7-17-5-12-20(26-4)13-6-17/h5-16H,1-4H3,(H,23,25)/b14-7+/t16-/m1/s1. The summed E-state index contributed by atoms with van der Waals surface area (Å²) in [6, 6.07) is 14.8. The molecule has 1 N–H and O–H groups in total. The third-order valence-corrected chi connectivity index (χ3v) is 4.03.